The fourth-order valence-corrected chi connectivity index (χ4v) is 4.38. The molecule has 3 heterocycles. The molecule has 1 aliphatic heterocycles. The number of rotatable bonds is 7. The highest BCUT2D eigenvalue weighted by molar-refractivity contribution is 5.94. The monoisotopic (exact) mass is 416 g/mol. The predicted molar refractivity (Wildman–Crippen MR) is 117 cm³/mol. The molecule has 0 spiro atoms. The number of quaternary nitrogens is 1. The highest BCUT2D eigenvalue weighted by atomic mass is 16.3. The molecule has 0 bridgehead atoms. The third kappa shape index (κ3) is 4.22. The van der Waals surface area contributed by atoms with Gasteiger partial charge in [0.2, 0.25) is 0 Å². The van der Waals surface area contributed by atoms with E-state index in [1.807, 2.05) is 65.3 Å². The van der Waals surface area contributed by atoms with E-state index in [1.54, 1.807) is 6.26 Å². The molecule has 5 rings (SSSR count). The Morgan fingerprint density at radius 1 is 1.06 bits per heavy atom. The smallest absolute Gasteiger partial charge is 0.251 e. The number of nitrogens with zero attached hydrogens (tertiary/aromatic N) is 3. The van der Waals surface area contributed by atoms with Crippen LogP contribution in [0, 0.1) is 0 Å². The molecule has 1 atom stereocenters. The van der Waals surface area contributed by atoms with Crippen molar-refractivity contribution in [1.29, 1.82) is 0 Å². The first-order chi connectivity index (χ1) is 15.3. The van der Waals surface area contributed by atoms with Gasteiger partial charge in [0.05, 0.1) is 38.0 Å². The maximum atomic E-state index is 12.8. The highest BCUT2D eigenvalue weighted by Crippen LogP contribution is 2.14. The number of fused-ring (bicyclic) bond motifs is 1. The fraction of sp³-hybridized carbons (Fsp3) is 0.292. The van der Waals surface area contributed by atoms with Gasteiger partial charge in [0.1, 0.15) is 5.52 Å². The molecule has 158 valence electrons. The first kappa shape index (κ1) is 19.5. The lowest BCUT2D eigenvalue weighted by atomic mass is 10.1. The van der Waals surface area contributed by atoms with Crippen LogP contribution in [-0.2, 0) is 6.54 Å². The van der Waals surface area contributed by atoms with Gasteiger partial charge in [-0.25, -0.2) is 4.68 Å². The first-order valence-electron chi connectivity index (χ1n) is 10.8. The molecule has 0 unspecified atom stereocenters. The number of furan rings is 1. The number of carbonyl (C=O) groups excluding carboxylic acids is 1. The second-order valence-corrected chi connectivity index (χ2v) is 8.08. The van der Waals surface area contributed by atoms with Gasteiger partial charge in [-0.15, -0.1) is 5.10 Å². The molecule has 0 radical (unpaired) electrons. The van der Waals surface area contributed by atoms with E-state index in [-0.39, 0.29) is 11.9 Å². The zero-order chi connectivity index (χ0) is 21.0. The van der Waals surface area contributed by atoms with Gasteiger partial charge in [-0.2, -0.15) is 0 Å². The molecular weight excluding hydrogens is 390 g/mol. The van der Waals surface area contributed by atoms with E-state index in [1.165, 1.54) is 17.7 Å². The van der Waals surface area contributed by atoms with Crippen molar-refractivity contribution < 1.29 is 14.1 Å². The fourth-order valence-electron chi connectivity index (χ4n) is 4.38. The summed E-state index contributed by atoms with van der Waals surface area (Å²) in [5.41, 5.74) is 3.60. The summed E-state index contributed by atoms with van der Waals surface area (Å²) in [5.74, 6) is 0.875. The van der Waals surface area contributed by atoms with E-state index in [9.17, 15) is 4.79 Å². The van der Waals surface area contributed by atoms with Gasteiger partial charge in [-0.1, -0.05) is 29.5 Å². The Kier molecular flexibility index (Phi) is 5.50. The van der Waals surface area contributed by atoms with Crippen molar-refractivity contribution in [3.05, 3.63) is 83.8 Å². The Labute approximate surface area is 180 Å². The molecule has 7 heteroatoms. The molecule has 7 nitrogen and oxygen atoms in total. The number of carbonyl (C=O) groups is 1. The van der Waals surface area contributed by atoms with Crippen molar-refractivity contribution in [2.75, 3.05) is 19.6 Å². The summed E-state index contributed by atoms with van der Waals surface area (Å²) in [6, 6.07) is 19.7. The average Bonchev–Trinajstić information content (AvgIpc) is 3.58. The summed E-state index contributed by atoms with van der Waals surface area (Å²) < 4.78 is 7.53. The molecule has 1 saturated heterocycles. The molecule has 31 heavy (non-hydrogen) atoms. The van der Waals surface area contributed by atoms with Gasteiger partial charge >= 0.3 is 0 Å². The van der Waals surface area contributed by atoms with E-state index in [0.29, 0.717) is 18.7 Å². The summed E-state index contributed by atoms with van der Waals surface area (Å²) in [4.78, 5) is 14.2. The summed E-state index contributed by atoms with van der Waals surface area (Å²) in [6.45, 7) is 3.41. The number of hydrogen-bond acceptors (Lipinski definition) is 4. The maximum Gasteiger partial charge on any atom is 0.251 e. The third-order valence-electron chi connectivity index (χ3n) is 6.06. The summed E-state index contributed by atoms with van der Waals surface area (Å²) >= 11 is 0. The number of nitrogens with one attached hydrogen (secondary N) is 2. The van der Waals surface area contributed by atoms with Crippen molar-refractivity contribution in [1.82, 2.24) is 20.3 Å². The Balaban J connectivity index is 1.23. The number of hydrogen-bond donors (Lipinski definition) is 2. The molecule has 4 aromatic rings. The summed E-state index contributed by atoms with van der Waals surface area (Å²) in [7, 11) is 0. The van der Waals surface area contributed by atoms with Gasteiger partial charge in [0, 0.05) is 18.4 Å². The summed E-state index contributed by atoms with van der Waals surface area (Å²) in [6.07, 6.45) is 4.16. The Morgan fingerprint density at radius 2 is 1.87 bits per heavy atom. The maximum absolute atomic E-state index is 12.8. The molecule has 2 aromatic carbocycles. The lowest BCUT2D eigenvalue weighted by Gasteiger charge is -2.23. The molecule has 2 N–H and O–H groups in total. The van der Waals surface area contributed by atoms with E-state index in [4.69, 9.17) is 4.42 Å². The SMILES string of the molecule is O=C(NC[C@@H](c1ccco1)[NH+]1CCCC1)c1ccc(Cn2nnc3ccccc32)cc1. The largest absolute Gasteiger partial charge is 0.463 e. The van der Waals surface area contributed by atoms with Crippen molar-refractivity contribution in [3.63, 3.8) is 0 Å². The Bertz CT molecular complexity index is 1140. The van der Waals surface area contributed by atoms with Crippen LogP contribution in [0.25, 0.3) is 11.0 Å². The lowest BCUT2D eigenvalue weighted by molar-refractivity contribution is -0.919. The minimum Gasteiger partial charge on any atom is -0.463 e. The lowest BCUT2D eigenvalue weighted by Crippen LogP contribution is -3.11. The van der Waals surface area contributed by atoms with Crippen LogP contribution in [0.3, 0.4) is 0 Å². The topological polar surface area (TPSA) is 77.4 Å². The van der Waals surface area contributed by atoms with Crippen LogP contribution in [0.5, 0.6) is 0 Å². The van der Waals surface area contributed by atoms with Gasteiger partial charge in [0.15, 0.2) is 11.8 Å². The van der Waals surface area contributed by atoms with Crippen LogP contribution in [-0.4, -0.2) is 40.5 Å². The number of likely N-dealkylation sites (tertiary alicyclic amines) is 1. The minimum atomic E-state index is -0.0621. The van der Waals surface area contributed by atoms with Crippen LogP contribution >= 0.6 is 0 Å². The second kappa shape index (κ2) is 8.73. The molecule has 1 amide bonds. The standard InChI is InChI=1S/C24H25N5O2/c30-24(25-16-22(23-8-5-15-31-23)28-13-3-4-14-28)19-11-9-18(10-12-19)17-29-21-7-2-1-6-20(21)26-27-29/h1-2,5-12,15,22H,3-4,13-14,16-17H2,(H,25,30)/p+1/t22-/m0/s1. The van der Waals surface area contributed by atoms with Crippen molar-refractivity contribution in [2.24, 2.45) is 0 Å². The second-order valence-electron chi connectivity index (χ2n) is 8.08. The number of benzene rings is 2. The van der Waals surface area contributed by atoms with Gasteiger partial charge in [-0.05, 0) is 42.0 Å². The van der Waals surface area contributed by atoms with Crippen LogP contribution in [0.2, 0.25) is 0 Å². The third-order valence-corrected chi connectivity index (χ3v) is 6.06. The zero-order valence-electron chi connectivity index (χ0n) is 17.3. The van der Waals surface area contributed by atoms with E-state index < -0.39 is 0 Å². The summed E-state index contributed by atoms with van der Waals surface area (Å²) in [5, 5.41) is 11.5. The number of amides is 1. The molecule has 0 saturated carbocycles. The Hall–Kier alpha value is -3.45. The molecule has 1 fully saturated rings. The van der Waals surface area contributed by atoms with Crippen molar-refractivity contribution >= 4 is 16.9 Å². The predicted octanol–water partition coefficient (Wildman–Crippen LogP) is 2.22. The van der Waals surface area contributed by atoms with Crippen LogP contribution in [0.4, 0.5) is 0 Å². The molecule has 2 aromatic heterocycles. The molecular formula is C24H26N5O2+. The highest BCUT2D eigenvalue weighted by Gasteiger charge is 2.29. The van der Waals surface area contributed by atoms with Crippen molar-refractivity contribution in [3.8, 4) is 0 Å². The minimum absolute atomic E-state index is 0.0621. The Morgan fingerprint density at radius 3 is 2.65 bits per heavy atom. The van der Waals surface area contributed by atoms with Crippen LogP contribution in [0.1, 0.15) is 40.6 Å². The van der Waals surface area contributed by atoms with E-state index in [2.05, 4.69) is 15.6 Å². The number of aromatic nitrogens is 3. The van der Waals surface area contributed by atoms with Crippen LogP contribution in [0.15, 0.2) is 71.3 Å². The zero-order valence-corrected chi connectivity index (χ0v) is 17.3. The van der Waals surface area contributed by atoms with Crippen molar-refractivity contribution in [2.45, 2.75) is 25.4 Å². The van der Waals surface area contributed by atoms with E-state index in [0.717, 1.165) is 35.4 Å². The number of para-hydroxylation sites is 1. The van der Waals surface area contributed by atoms with Gasteiger partial charge in [-0.3, -0.25) is 4.79 Å². The molecule has 0 aliphatic carbocycles. The van der Waals surface area contributed by atoms with Gasteiger partial charge < -0.3 is 14.6 Å². The first-order valence-corrected chi connectivity index (χ1v) is 10.8. The normalized spacial score (nSPS) is 15.4. The van der Waals surface area contributed by atoms with E-state index >= 15 is 0 Å². The quantitative estimate of drug-likeness (QED) is 0.484. The molecule has 1 aliphatic rings. The van der Waals surface area contributed by atoms with Crippen LogP contribution < -0.4 is 10.2 Å². The average molecular weight is 417 g/mol. The van der Waals surface area contributed by atoms with Gasteiger partial charge in [0.25, 0.3) is 5.91 Å².